The lowest BCUT2D eigenvalue weighted by Crippen LogP contribution is -2.27. The number of carbonyl (C=O) groups is 1. The lowest BCUT2D eigenvalue weighted by Gasteiger charge is -1.98. The summed E-state index contributed by atoms with van der Waals surface area (Å²) in [7, 11) is 0. The first-order valence-corrected chi connectivity index (χ1v) is 5.31. The number of nitrogens with zero attached hydrogens (tertiary/aromatic N) is 2. The molecule has 1 saturated carbocycles. The van der Waals surface area contributed by atoms with E-state index in [9.17, 15) is 4.79 Å². The molecular weight excluding hydrogens is 192 g/mol. The van der Waals surface area contributed by atoms with Gasteiger partial charge in [0.15, 0.2) is 0 Å². The van der Waals surface area contributed by atoms with Gasteiger partial charge in [-0.1, -0.05) is 20.8 Å². The highest BCUT2D eigenvalue weighted by Gasteiger charge is 2.34. The molecule has 1 aromatic rings. The van der Waals surface area contributed by atoms with Crippen LogP contribution in [0.1, 0.15) is 49.6 Å². The van der Waals surface area contributed by atoms with Crippen LogP contribution in [0, 0.1) is 5.92 Å². The number of aromatic amines is 1. The van der Waals surface area contributed by atoms with Crippen LogP contribution in [0.3, 0.4) is 0 Å². The Morgan fingerprint density at radius 1 is 1.60 bits per heavy atom. The molecule has 0 aromatic carbocycles. The molecular formula is C10H16N4O. The standard InChI is InChI=1S/C10H16N4O/c1-5(2)8-12-9(14-13-8)10(15)11-7-4-6(7)3/h5-7H,4H2,1-3H3,(H,11,15)(H,12,13,14). The van der Waals surface area contributed by atoms with E-state index in [0.717, 1.165) is 12.2 Å². The predicted molar refractivity (Wildman–Crippen MR) is 55.5 cm³/mol. The molecule has 2 atom stereocenters. The average molecular weight is 208 g/mol. The molecule has 82 valence electrons. The molecule has 1 aliphatic carbocycles. The molecule has 0 spiro atoms. The average Bonchev–Trinajstić information content (AvgIpc) is 2.71. The summed E-state index contributed by atoms with van der Waals surface area (Å²) in [5.41, 5.74) is 0. The smallest absolute Gasteiger partial charge is 0.291 e. The Kier molecular flexibility index (Phi) is 2.46. The van der Waals surface area contributed by atoms with E-state index in [0.29, 0.717) is 12.0 Å². The second-order valence-electron chi connectivity index (χ2n) is 4.49. The summed E-state index contributed by atoms with van der Waals surface area (Å²) >= 11 is 0. The van der Waals surface area contributed by atoms with Crippen LogP contribution in [-0.4, -0.2) is 27.1 Å². The quantitative estimate of drug-likeness (QED) is 0.780. The molecule has 0 bridgehead atoms. The maximum absolute atomic E-state index is 11.6. The van der Waals surface area contributed by atoms with Gasteiger partial charge in [0.25, 0.3) is 5.91 Å². The van der Waals surface area contributed by atoms with E-state index in [1.54, 1.807) is 0 Å². The minimum atomic E-state index is -0.174. The van der Waals surface area contributed by atoms with Crippen LogP contribution in [0.5, 0.6) is 0 Å². The van der Waals surface area contributed by atoms with Gasteiger partial charge in [0.1, 0.15) is 5.82 Å². The molecule has 2 rings (SSSR count). The van der Waals surface area contributed by atoms with Gasteiger partial charge in [0, 0.05) is 12.0 Å². The molecule has 1 aliphatic rings. The molecule has 1 fully saturated rings. The molecule has 15 heavy (non-hydrogen) atoms. The van der Waals surface area contributed by atoms with Gasteiger partial charge in [0.05, 0.1) is 0 Å². The van der Waals surface area contributed by atoms with E-state index in [1.165, 1.54) is 0 Å². The second kappa shape index (κ2) is 3.64. The van der Waals surface area contributed by atoms with Crippen LogP contribution in [0.15, 0.2) is 0 Å². The number of amides is 1. The van der Waals surface area contributed by atoms with Crippen molar-refractivity contribution in [1.82, 2.24) is 20.5 Å². The van der Waals surface area contributed by atoms with Gasteiger partial charge in [-0.15, -0.1) is 5.10 Å². The topological polar surface area (TPSA) is 70.7 Å². The second-order valence-corrected chi connectivity index (χ2v) is 4.49. The van der Waals surface area contributed by atoms with Crippen molar-refractivity contribution in [1.29, 1.82) is 0 Å². The number of aromatic nitrogens is 3. The van der Waals surface area contributed by atoms with E-state index in [4.69, 9.17) is 0 Å². The highest BCUT2D eigenvalue weighted by molar-refractivity contribution is 5.90. The molecule has 5 nitrogen and oxygen atoms in total. The third-order valence-corrected chi connectivity index (χ3v) is 2.68. The molecule has 1 heterocycles. The molecule has 2 unspecified atom stereocenters. The van der Waals surface area contributed by atoms with Crippen molar-refractivity contribution in [2.24, 2.45) is 5.92 Å². The lowest BCUT2D eigenvalue weighted by molar-refractivity contribution is 0.0939. The van der Waals surface area contributed by atoms with Gasteiger partial charge < -0.3 is 5.32 Å². The first-order chi connectivity index (χ1) is 7.08. The van der Waals surface area contributed by atoms with Crippen molar-refractivity contribution >= 4 is 5.91 Å². The number of rotatable bonds is 3. The van der Waals surface area contributed by atoms with Crippen molar-refractivity contribution in [2.75, 3.05) is 0 Å². The van der Waals surface area contributed by atoms with E-state index in [1.807, 2.05) is 13.8 Å². The molecule has 2 N–H and O–H groups in total. The Labute approximate surface area is 88.7 Å². The third kappa shape index (κ3) is 2.16. The van der Waals surface area contributed by atoms with E-state index in [2.05, 4.69) is 27.4 Å². The minimum Gasteiger partial charge on any atom is -0.346 e. The summed E-state index contributed by atoms with van der Waals surface area (Å²) < 4.78 is 0. The molecule has 1 amide bonds. The Bertz CT molecular complexity index is 371. The summed E-state index contributed by atoms with van der Waals surface area (Å²) in [4.78, 5) is 15.8. The van der Waals surface area contributed by atoms with E-state index < -0.39 is 0 Å². The lowest BCUT2D eigenvalue weighted by atomic mass is 10.2. The highest BCUT2D eigenvalue weighted by Crippen LogP contribution is 2.29. The largest absolute Gasteiger partial charge is 0.346 e. The van der Waals surface area contributed by atoms with Crippen LogP contribution < -0.4 is 5.32 Å². The van der Waals surface area contributed by atoms with Gasteiger partial charge in [-0.3, -0.25) is 9.89 Å². The summed E-state index contributed by atoms with van der Waals surface area (Å²) in [5, 5.41) is 9.55. The van der Waals surface area contributed by atoms with E-state index >= 15 is 0 Å². The number of hydrogen-bond acceptors (Lipinski definition) is 3. The maximum Gasteiger partial charge on any atom is 0.291 e. The minimum absolute atomic E-state index is 0.174. The zero-order chi connectivity index (χ0) is 11.0. The first-order valence-electron chi connectivity index (χ1n) is 5.31. The Hall–Kier alpha value is -1.39. The predicted octanol–water partition coefficient (Wildman–Crippen LogP) is 1.07. The fourth-order valence-corrected chi connectivity index (χ4v) is 1.39. The Morgan fingerprint density at radius 2 is 2.27 bits per heavy atom. The summed E-state index contributed by atoms with van der Waals surface area (Å²) in [6.45, 7) is 6.12. The van der Waals surface area contributed by atoms with Gasteiger partial charge in [-0.25, -0.2) is 4.98 Å². The zero-order valence-corrected chi connectivity index (χ0v) is 9.24. The van der Waals surface area contributed by atoms with Crippen LogP contribution in [0.25, 0.3) is 0 Å². The fraction of sp³-hybridized carbons (Fsp3) is 0.700. The highest BCUT2D eigenvalue weighted by atomic mass is 16.2. The number of nitrogens with one attached hydrogen (secondary N) is 2. The van der Waals surface area contributed by atoms with Gasteiger partial charge in [-0.2, -0.15) is 0 Å². The normalized spacial score (nSPS) is 24.3. The van der Waals surface area contributed by atoms with Crippen molar-refractivity contribution in [3.63, 3.8) is 0 Å². The Balaban J connectivity index is 1.99. The molecule has 0 aliphatic heterocycles. The fourth-order valence-electron chi connectivity index (χ4n) is 1.39. The third-order valence-electron chi connectivity index (χ3n) is 2.68. The first kappa shape index (κ1) is 10.1. The number of carbonyl (C=O) groups excluding carboxylic acids is 1. The zero-order valence-electron chi connectivity index (χ0n) is 9.24. The number of hydrogen-bond donors (Lipinski definition) is 2. The van der Waals surface area contributed by atoms with Gasteiger partial charge >= 0.3 is 0 Å². The summed E-state index contributed by atoms with van der Waals surface area (Å²) in [6.07, 6.45) is 1.06. The van der Waals surface area contributed by atoms with Crippen LogP contribution in [0.2, 0.25) is 0 Å². The van der Waals surface area contributed by atoms with Gasteiger partial charge in [-0.05, 0) is 12.3 Å². The van der Waals surface area contributed by atoms with Crippen molar-refractivity contribution in [3.05, 3.63) is 11.6 Å². The maximum atomic E-state index is 11.6. The van der Waals surface area contributed by atoms with Crippen molar-refractivity contribution in [2.45, 2.75) is 39.2 Å². The SMILES string of the molecule is CC(C)c1nc(C(=O)NC2CC2C)n[nH]1. The molecule has 5 heteroatoms. The van der Waals surface area contributed by atoms with Crippen LogP contribution in [-0.2, 0) is 0 Å². The van der Waals surface area contributed by atoms with E-state index in [-0.39, 0.29) is 17.6 Å². The number of H-pyrrole nitrogens is 1. The molecule has 0 saturated heterocycles. The van der Waals surface area contributed by atoms with Crippen LogP contribution in [0.4, 0.5) is 0 Å². The van der Waals surface area contributed by atoms with Crippen molar-refractivity contribution < 1.29 is 4.79 Å². The van der Waals surface area contributed by atoms with Crippen molar-refractivity contribution in [3.8, 4) is 0 Å². The van der Waals surface area contributed by atoms with Crippen LogP contribution >= 0.6 is 0 Å². The summed E-state index contributed by atoms with van der Waals surface area (Å²) in [5.74, 6) is 1.69. The Morgan fingerprint density at radius 3 is 2.73 bits per heavy atom. The summed E-state index contributed by atoms with van der Waals surface area (Å²) in [6, 6.07) is 0.318. The van der Waals surface area contributed by atoms with Gasteiger partial charge in [0.2, 0.25) is 5.82 Å². The monoisotopic (exact) mass is 208 g/mol. The molecule has 0 radical (unpaired) electrons. The molecule has 1 aromatic heterocycles.